The number of carbonyl (C=O) groups excluding carboxylic acids is 2. The summed E-state index contributed by atoms with van der Waals surface area (Å²) in [6.45, 7) is 3.44. The van der Waals surface area contributed by atoms with Gasteiger partial charge in [0.1, 0.15) is 16.7 Å². The Morgan fingerprint density at radius 3 is 2.66 bits per heavy atom. The molecule has 1 unspecified atom stereocenters. The van der Waals surface area contributed by atoms with Crippen LogP contribution in [-0.4, -0.2) is 54.0 Å². The lowest BCUT2D eigenvalue weighted by Gasteiger charge is -2.16. The average molecular weight is 492 g/mol. The van der Waals surface area contributed by atoms with Crippen LogP contribution in [0.5, 0.6) is 5.75 Å². The Balaban J connectivity index is 1.50. The fourth-order valence-corrected chi connectivity index (χ4v) is 5.05. The molecule has 1 saturated heterocycles. The lowest BCUT2D eigenvalue weighted by atomic mass is 10.1. The van der Waals surface area contributed by atoms with Gasteiger partial charge < -0.3 is 14.8 Å². The lowest BCUT2D eigenvalue weighted by Crippen LogP contribution is -2.34. The van der Waals surface area contributed by atoms with Crippen LogP contribution in [0, 0.1) is 0 Å². The largest absolute Gasteiger partial charge is 0.492 e. The smallest absolute Gasteiger partial charge is 0.242 e. The van der Waals surface area contributed by atoms with Gasteiger partial charge in [-0.3, -0.25) is 14.5 Å². The highest BCUT2D eigenvalue weighted by Crippen LogP contribution is 2.35. The maximum atomic E-state index is 13.2. The number of hydrogen-bond acceptors (Lipinski definition) is 6. The van der Waals surface area contributed by atoms with E-state index in [0.29, 0.717) is 48.5 Å². The molecule has 7 nitrogen and oxygen atoms in total. The average Bonchev–Trinajstić information content (AvgIpc) is 3.14. The van der Waals surface area contributed by atoms with Crippen molar-refractivity contribution < 1.29 is 19.1 Å². The molecule has 1 heterocycles. The summed E-state index contributed by atoms with van der Waals surface area (Å²) in [5.41, 5.74) is 1.36. The van der Waals surface area contributed by atoms with Crippen molar-refractivity contribution in [2.45, 2.75) is 25.0 Å². The predicted octanol–water partition coefficient (Wildman–Crippen LogP) is 5.24. The van der Waals surface area contributed by atoms with Gasteiger partial charge in [-0.25, -0.2) is 4.99 Å². The summed E-state index contributed by atoms with van der Waals surface area (Å²) >= 11 is 1.32. The monoisotopic (exact) mass is 491 g/mol. The number of benzene rings is 3. The minimum Gasteiger partial charge on any atom is -0.492 e. The van der Waals surface area contributed by atoms with Crippen molar-refractivity contribution in [3.63, 3.8) is 0 Å². The zero-order chi connectivity index (χ0) is 24.6. The van der Waals surface area contributed by atoms with Crippen LogP contribution in [0.2, 0.25) is 0 Å². The van der Waals surface area contributed by atoms with Crippen LogP contribution < -0.4 is 10.1 Å². The summed E-state index contributed by atoms with van der Waals surface area (Å²) in [6, 6.07) is 21.2. The van der Waals surface area contributed by atoms with Gasteiger partial charge in [-0.05, 0) is 48.4 Å². The first kappa shape index (κ1) is 24.8. The molecule has 0 radical (unpaired) electrons. The number of nitrogens with zero attached hydrogens (tertiary/aromatic N) is 2. The number of para-hydroxylation sites is 2. The first-order valence-electron chi connectivity index (χ1n) is 11.6. The third-order valence-electron chi connectivity index (χ3n) is 5.54. The van der Waals surface area contributed by atoms with Crippen molar-refractivity contribution in [2.24, 2.45) is 4.99 Å². The summed E-state index contributed by atoms with van der Waals surface area (Å²) < 4.78 is 10.9. The second-order valence-corrected chi connectivity index (χ2v) is 9.22. The molecule has 1 N–H and O–H groups in total. The number of nitrogens with one attached hydrogen (secondary N) is 1. The van der Waals surface area contributed by atoms with Gasteiger partial charge in [-0.2, -0.15) is 0 Å². The number of methoxy groups -OCH3 is 1. The molecule has 3 aromatic carbocycles. The highest BCUT2D eigenvalue weighted by Gasteiger charge is 2.39. The van der Waals surface area contributed by atoms with Gasteiger partial charge in [-0.1, -0.05) is 54.2 Å². The fraction of sp³-hybridized carbons (Fsp3) is 0.296. The minimum atomic E-state index is -0.545. The maximum absolute atomic E-state index is 13.2. The number of hydrogen-bond donors (Lipinski definition) is 1. The first-order valence-corrected chi connectivity index (χ1v) is 12.5. The number of thioether (sulfide) groups is 1. The first-order chi connectivity index (χ1) is 17.1. The molecule has 4 rings (SSSR count). The molecule has 0 saturated carbocycles. The molecular formula is C27H29N3O4S. The van der Waals surface area contributed by atoms with Gasteiger partial charge in [-0.15, -0.1) is 0 Å². The third-order valence-corrected chi connectivity index (χ3v) is 6.71. The number of anilines is 1. The SMILES string of the molecule is CCOc1ccccc1N=C1SC(CC(=O)Nc2ccc3ccccc3c2)C(=O)N1CCCOC. The van der Waals surface area contributed by atoms with E-state index in [4.69, 9.17) is 14.5 Å². The van der Waals surface area contributed by atoms with Crippen molar-refractivity contribution >= 4 is 50.9 Å². The number of carbonyl (C=O) groups is 2. The van der Waals surface area contributed by atoms with Gasteiger partial charge in [0.15, 0.2) is 5.17 Å². The number of amidine groups is 1. The van der Waals surface area contributed by atoms with E-state index in [1.54, 1.807) is 12.0 Å². The van der Waals surface area contributed by atoms with E-state index in [9.17, 15) is 9.59 Å². The van der Waals surface area contributed by atoms with Crippen LogP contribution >= 0.6 is 11.8 Å². The normalized spacial score (nSPS) is 16.7. The number of amides is 2. The number of fused-ring (bicyclic) bond motifs is 1. The van der Waals surface area contributed by atoms with Crippen molar-refractivity contribution in [3.05, 3.63) is 66.7 Å². The summed E-state index contributed by atoms with van der Waals surface area (Å²) in [4.78, 5) is 32.5. The van der Waals surface area contributed by atoms with Gasteiger partial charge in [0.25, 0.3) is 0 Å². The number of rotatable bonds is 10. The molecule has 8 heteroatoms. The second-order valence-electron chi connectivity index (χ2n) is 8.05. The molecule has 3 aromatic rings. The van der Waals surface area contributed by atoms with Gasteiger partial charge >= 0.3 is 0 Å². The molecule has 182 valence electrons. The Morgan fingerprint density at radius 2 is 1.86 bits per heavy atom. The molecular weight excluding hydrogens is 462 g/mol. The van der Waals surface area contributed by atoms with E-state index in [1.165, 1.54) is 11.8 Å². The van der Waals surface area contributed by atoms with E-state index < -0.39 is 5.25 Å². The topological polar surface area (TPSA) is 80.2 Å². The van der Waals surface area contributed by atoms with Crippen molar-refractivity contribution in [3.8, 4) is 5.75 Å². The van der Waals surface area contributed by atoms with Crippen molar-refractivity contribution in [1.29, 1.82) is 0 Å². The summed E-state index contributed by atoms with van der Waals surface area (Å²) in [5, 5.41) is 5.11. The van der Waals surface area contributed by atoms with Gasteiger partial charge in [0, 0.05) is 32.4 Å². The van der Waals surface area contributed by atoms with Crippen LogP contribution in [0.25, 0.3) is 10.8 Å². The third kappa shape index (κ3) is 6.21. The fourth-order valence-electron chi connectivity index (χ4n) is 3.88. The van der Waals surface area contributed by atoms with Crippen LogP contribution in [-0.2, 0) is 14.3 Å². The molecule has 0 aliphatic carbocycles. The van der Waals surface area contributed by atoms with Gasteiger partial charge in [0.05, 0.1) is 6.61 Å². The zero-order valence-corrected chi connectivity index (χ0v) is 20.7. The quantitative estimate of drug-likeness (QED) is 0.393. The van der Waals surface area contributed by atoms with Crippen LogP contribution in [0.4, 0.5) is 11.4 Å². The van der Waals surface area contributed by atoms with E-state index in [2.05, 4.69) is 5.32 Å². The van der Waals surface area contributed by atoms with Crippen molar-refractivity contribution in [1.82, 2.24) is 4.90 Å². The molecule has 1 fully saturated rings. The number of ether oxygens (including phenoxy) is 2. The molecule has 1 aliphatic heterocycles. The molecule has 0 aromatic heterocycles. The standard InChI is InChI=1S/C27H29N3O4S/c1-3-34-23-12-7-6-11-22(23)29-27-30(15-8-16-33-2)26(32)24(35-27)18-25(31)28-21-14-13-19-9-4-5-10-20(19)17-21/h4-7,9-14,17,24H,3,8,15-16,18H2,1-2H3,(H,28,31). The summed E-state index contributed by atoms with van der Waals surface area (Å²) in [5.74, 6) is 0.330. The van der Waals surface area contributed by atoms with Crippen LogP contribution in [0.1, 0.15) is 19.8 Å². The van der Waals surface area contributed by atoms with E-state index in [1.807, 2.05) is 73.7 Å². The van der Waals surface area contributed by atoms with E-state index >= 15 is 0 Å². The predicted molar refractivity (Wildman–Crippen MR) is 141 cm³/mol. The number of aliphatic imine (C=N–C) groups is 1. The lowest BCUT2D eigenvalue weighted by molar-refractivity contribution is -0.128. The Kier molecular flexibility index (Phi) is 8.39. The minimum absolute atomic E-state index is 0.0588. The Hall–Kier alpha value is -3.36. The second kappa shape index (κ2) is 11.9. The van der Waals surface area contributed by atoms with Crippen LogP contribution in [0.3, 0.4) is 0 Å². The Labute approximate surface area is 209 Å². The van der Waals surface area contributed by atoms with Gasteiger partial charge in [0.2, 0.25) is 11.8 Å². The Morgan fingerprint density at radius 1 is 1.09 bits per heavy atom. The highest BCUT2D eigenvalue weighted by atomic mass is 32.2. The van der Waals surface area contributed by atoms with Crippen molar-refractivity contribution in [2.75, 3.05) is 32.2 Å². The van der Waals surface area contributed by atoms with E-state index in [0.717, 1.165) is 10.8 Å². The molecule has 35 heavy (non-hydrogen) atoms. The maximum Gasteiger partial charge on any atom is 0.242 e. The molecule has 2 amide bonds. The molecule has 1 atom stereocenters. The van der Waals surface area contributed by atoms with Crippen LogP contribution in [0.15, 0.2) is 71.7 Å². The molecule has 0 bridgehead atoms. The Bertz CT molecular complexity index is 1230. The zero-order valence-electron chi connectivity index (χ0n) is 19.9. The summed E-state index contributed by atoms with van der Waals surface area (Å²) in [7, 11) is 1.63. The highest BCUT2D eigenvalue weighted by molar-refractivity contribution is 8.15. The molecule has 0 spiro atoms. The summed E-state index contributed by atoms with van der Waals surface area (Å²) in [6.07, 6.45) is 0.730. The van der Waals surface area contributed by atoms with E-state index in [-0.39, 0.29) is 18.2 Å². The molecule has 1 aliphatic rings.